The maximum Gasteiger partial charge on any atom is 0.253 e. The Hall–Kier alpha value is -0.710. The van der Waals surface area contributed by atoms with Crippen LogP contribution in [0.4, 0.5) is 0 Å². The number of Topliss-reactive ketones (excluding diaryl/α,β-unsaturated/α-hetero) is 2. The summed E-state index contributed by atoms with van der Waals surface area (Å²) < 4.78 is 0. The maximum absolute atomic E-state index is 12.1. The van der Waals surface area contributed by atoms with Crippen LogP contribution < -0.4 is 0 Å². The Morgan fingerprint density at radius 1 is 0.548 bits per heavy atom. The summed E-state index contributed by atoms with van der Waals surface area (Å²) >= 11 is 5.38. The van der Waals surface area contributed by atoms with Gasteiger partial charge < -0.3 is 10.2 Å². The fraction of sp³-hybridized carbons (Fsp3) is 0.892. The van der Waals surface area contributed by atoms with Crippen molar-refractivity contribution in [1.82, 2.24) is 0 Å². The first kappa shape index (κ1) is 41.3. The molecule has 0 saturated heterocycles. The summed E-state index contributed by atoms with van der Waals surface area (Å²) in [7, 11) is 0. The molecule has 2 N–H and O–H groups in total. The maximum atomic E-state index is 12.1. The molecular weight excluding hydrogens is 544 g/mol. The smallest absolute Gasteiger partial charge is 0.253 e. The molecule has 248 valence electrons. The predicted octanol–water partition coefficient (Wildman–Crippen LogP) is 11.5. The molecule has 0 rings (SSSR count). The molecule has 0 aromatic heterocycles. The van der Waals surface area contributed by atoms with E-state index in [9.17, 15) is 19.8 Å². The average molecular weight is 613 g/mol. The van der Waals surface area contributed by atoms with Crippen LogP contribution in [0.1, 0.15) is 200 Å². The lowest BCUT2D eigenvalue weighted by atomic mass is 9.99. The molecule has 0 aromatic carbocycles. The van der Waals surface area contributed by atoms with Gasteiger partial charge in [0.15, 0.2) is 0 Å². The second-order valence-electron chi connectivity index (χ2n) is 12.8. The highest BCUT2D eigenvalue weighted by Crippen LogP contribution is 2.22. The summed E-state index contributed by atoms with van der Waals surface area (Å²) in [5.41, 5.74) is 0. The third-order valence-corrected chi connectivity index (χ3v) is 8.96. The molecule has 42 heavy (non-hydrogen) atoms. The minimum absolute atomic E-state index is 0.191. The van der Waals surface area contributed by atoms with Gasteiger partial charge in [-0.1, -0.05) is 153 Å². The molecule has 0 amide bonds. The first-order valence-corrected chi connectivity index (χ1v) is 18.5. The van der Waals surface area contributed by atoms with Gasteiger partial charge >= 0.3 is 0 Å². The number of hydrogen-bond acceptors (Lipinski definition) is 4. The molecular formula is C37H69ClO4. The summed E-state index contributed by atoms with van der Waals surface area (Å²) in [5, 5.41) is 16.1. The number of carbonyl (C=O) groups excluding carboxylic acids is 2. The number of hydrogen-bond donors (Lipinski definition) is 2. The lowest BCUT2D eigenvalue weighted by molar-refractivity contribution is -0.151. The van der Waals surface area contributed by atoms with Gasteiger partial charge in [-0.3, -0.25) is 9.59 Å². The number of aliphatic hydroxyl groups is 2. The highest BCUT2D eigenvalue weighted by atomic mass is 35.5. The van der Waals surface area contributed by atoms with Crippen molar-refractivity contribution in [2.75, 3.05) is 0 Å². The van der Waals surface area contributed by atoms with Crippen LogP contribution in [0.3, 0.4) is 0 Å². The summed E-state index contributed by atoms with van der Waals surface area (Å²) in [6.07, 6.45) is 39.0. The fourth-order valence-corrected chi connectivity index (χ4v) is 5.63. The second kappa shape index (κ2) is 30.3. The molecule has 0 bridgehead atoms. The Balaban J connectivity index is 3.31. The number of allylic oxidation sites excluding steroid dienone is 2. The van der Waals surface area contributed by atoms with Gasteiger partial charge in [-0.05, 0) is 51.9 Å². The zero-order valence-corrected chi connectivity index (χ0v) is 28.6. The van der Waals surface area contributed by atoms with Gasteiger partial charge in [-0.25, -0.2) is 0 Å². The van der Waals surface area contributed by atoms with E-state index in [1.165, 1.54) is 122 Å². The lowest BCUT2D eigenvalue weighted by Gasteiger charge is -2.20. The summed E-state index contributed by atoms with van der Waals surface area (Å²) in [6.45, 7) is 3.73. The van der Waals surface area contributed by atoms with Crippen molar-refractivity contribution >= 4 is 23.2 Å². The van der Waals surface area contributed by atoms with E-state index in [1.54, 1.807) is 0 Å². The number of ketones is 2. The Bertz CT molecular complexity index is 640. The van der Waals surface area contributed by atoms with Crippen molar-refractivity contribution in [2.45, 2.75) is 205 Å². The van der Waals surface area contributed by atoms with Crippen molar-refractivity contribution < 1.29 is 19.8 Å². The highest BCUT2D eigenvalue weighted by Gasteiger charge is 2.33. The van der Waals surface area contributed by atoms with Gasteiger partial charge in [-0.15, -0.1) is 0 Å². The molecule has 0 aliphatic carbocycles. The monoisotopic (exact) mass is 612 g/mol. The predicted molar refractivity (Wildman–Crippen MR) is 181 cm³/mol. The molecule has 0 heterocycles. The Labute approximate surface area is 265 Å². The average Bonchev–Trinajstić information content (AvgIpc) is 2.96. The molecule has 0 saturated carbocycles. The van der Waals surface area contributed by atoms with Gasteiger partial charge in [0, 0.05) is 19.3 Å². The van der Waals surface area contributed by atoms with Crippen LogP contribution in [0.15, 0.2) is 12.2 Å². The normalized spacial score (nSPS) is 12.8. The molecule has 5 heteroatoms. The lowest BCUT2D eigenvalue weighted by Crippen LogP contribution is -2.34. The van der Waals surface area contributed by atoms with E-state index in [4.69, 9.17) is 11.6 Å². The molecule has 0 radical (unpaired) electrons. The van der Waals surface area contributed by atoms with Gasteiger partial charge in [-0.2, -0.15) is 0 Å². The van der Waals surface area contributed by atoms with E-state index in [2.05, 4.69) is 19.1 Å². The molecule has 0 fully saturated rings. The summed E-state index contributed by atoms with van der Waals surface area (Å²) in [6, 6.07) is 0. The molecule has 0 aliphatic heterocycles. The van der Waals surface area contributed by atoms with E-state index < -0.39 is 11.2 Å². The Morgan fingerprint density at radius 3 is 1.21 bits per heavy atom. The van der Waals surface area contributed by atoms with E-state index in [-0.39, 0.29) is 5.78 Å². The van der Waals surface area contributed by atoms with E-state index >= 15 is 0 Å². The molecule has 1 unspecified atom stereocenters. The Morgan fingerprint density at radius 2 is 0.857 bits per heavy atom. The van der Waals surface area contributed by atoms with Crippen molar-refractivity contribution in [1.29, 1.82) is 0 Å². The molecule has 0 aromatic rings. The van der Waals surface area contributed by atoms with E-state index in [1.807, 2.05) is 0 Å². The largest absolute Gasteiger partial charge is 0.353 e. The van der Waals surface area contributed by atoms with Crippen molar-refractivity contribution in [3.8, 4) is 0 Å². The van der Waals surface area contributed by atoms with Crippen LogP contribution in [0.2, 0.25) is 0 Å². The molecule has 0 spiro atoms. The highest BCUT2D eigenvalue weighted by molar-refractivity contribution is 6.23. The van der Waals surface area contributed by atoms with Crippen LogP contribution >= 0.6 is 11.6 Å². The number of carbonyl (C=O) groups is 2. The zero-order chi connectivity index (χ0) is 31.2. The fourth-order valence-electron chi connectivity index (χ4n) is 5.51. The van der Waals surface area contributed by atoms with Crippen LogP contribution in [0.5, 0.6) is 0 Å². The minimum atomic E-state index is -2.43. The third-order valence-electron chi connectivity index (χ3n) is 8.63. The van der Waals surface area contributed by atoms with E-state index in [0.717, 1.165) is 64.2 Å². The summed E-state index contributed by atoms with van der Waals surface area (Å²) in [4.78, 5) is 24.0. The van der Waals surface area contributed by atoms with Gasteiger partial charge in [0.2, 0.25) is 0 Å². The van der Waals surface area contributed by atoms with Crippen molar-refractivity contribution in [3.05, 3.63) is 12.2 Å². The van der Waals surface area contributed by atoms with E-state index in [0.29, 0.717) is 12.2 Å². The van der Waals surface area contributed by atoms with Crippen LogP contribution in [0.25, 0.3) is 0 Å². The third kappa shape index (κ3) is 29.4. The SMILES string of the molecule is CCCCCCCCCCCCCCCC(=O)CCCCCCCC/C=C\CCCCCCCC(=O)C(C)C(O)(O)Cl. The zero-order valence-electron chi connectivity index (χ0n) is 27.8. The first-order valence-electron chi connectivity index (χ1n) is 18.1. The molecule has 4 nitrogen and oxygen atoms in total. The van der Waals surface area contributed by atoms with Gasteiger partial charge in [0.25, 0.3) is 5.25 Å². The van der Waals surface area contributed by atoms with Crippen LogP contribution in [-0.4, -0.2) is 27.0 Å². The number of alkyl halides is 1. The van der Waals surface area contributed by atoms with Gasteiger partial charge in [0.1, 0.15) is 11.6 Å². The van der Waals surface area contributed by atoms with Crippen LogP contribution in [-0.2, 0) is 9.59 Å². The van der Waals surface area contributed by atoms with Crippen molar-refractivity contribution in [3.63, 3.8) is 0 Å². The topological polar surface area (TPSA) is 74.6 Å². The number of halogens is 1. The second-order valence-corrected chi connectivity index (χ2v) is 13.3. The molecule has 1 atom stereocenters. The molecule has 0 aliphatic rings. The standard InChI is InChI=1S/C37H69ClO4/c1-3-4-5-6-7-8-9-13-16-19-22-25-28-31-35(39)32-29-26-23-20-17-14-11-10-12-15-18-21-24-27-30-33-36(40)34(2)37(38,41)42/h10,12,34,41-42H,3-9,11,13-33H2,1-2H3/b12-10-. The van der Waals surface area contributed by atoms with Gasteiger partial charge in [0.05, 0.1) is 5.92 Å². The first-order chi connectivity index (χ1) is 20.3. The number of rotatable bonds is 33. The Kier molecular flexibility index (Phi) is 29.8. The minimum Gasteiger partial charge on any atom is -0.353 e. The number of unbranched alkanes of at least 4 members (excludes halogenated alkanes) is 23. The quantitative estimate of drug-likeness (QED) is 0.0334. The van der Waals surface area contributed by atoms with Crippen molar-refractivity contribution in [2.24, 2.45) is 5.92 Å². The summed E-state index contributed by atoms with van der Waals surface area (Å²) in [5.74, 6) is -0.663. The van der Waals surface area contributed by atoms with Crippen LogP contribution in [0, 0.1) is 5.92 Å².